The van der Waals surface area contributed by atoms with Crippen molar-refractivity contribution < 1.29 is 22.3 Å². The number of aryl methyl sites for hydroxylation is 1. The topological polar surface area (TPSA) is 93.5 Å². The average Bonchev–Trinajstić information content (AvgIpc) is 3.28. The number of amides is 1. The van der Waals surface area contributed by atoms with E-state index in [0.717, 1.165) is 0 Å². The first-order valence-corrected chi connectivity index (χ1v) is 12.4. The maximum atomic E-state index is 13.9. The summed E-state index contributed by atoms with van der Waals surface area (Å²) in [5.74, 6) is 0.189. The molecule has 10 heteroatoms. The zero-order valence-corrected chi connectivity index (χ0v) is 19.8. The summed E-state index contributed by atoms with van der Waals surface area (Å²) in [4.78, 5) is 17.7. The number of carbonyl (C=O) groups is 1. The lowest BCUT2D eigenvalue weighted by atomic mass is 9.96. The van der Waals surface area contributed by atoms with Crippen LogP contribution in [0.25, 0.3) is 0 Å². The van der Waals surface area contributed by atoms with E-state index < -0.39 is 21.9 Å². The van der Waals surface area contributed by atoms with Crippen LogP contribution in [-0.4, -0.2) is 48.4 Å². The predicted molar refractivity (Wildman–Crippen MR) is 124 cm³/mol. The normalized spacial score (nSPS) is 16.2. The van der Waals surface area contributed by atoms with E-state index in [1.165, 1.54) is 35.7 Å². The number of nitrogens with one attached hydrogen (secondary N) is 1. The SMILES string of the molecule is COc1ccc(S(=O)(=O)N2CCC(C(=O)N[C@H](c3cccc(F)c3)c3nccn3C)CC2)cc1. The van der Waals surface area contributed by atoms with Crippen molar-refractivity contribution in [3.8, 4) is 5.75 Å². The minimum Gasteiger partial charge on any atom is -0.497 e. The zero-order valence-electron chi connectivity index (χ0n) is 19.0. The molecule has 1 aliphatic rings. The molecule has 2 heterocycles. The van der Waals surface area contributed by atoms with Gasteiger partial charge in [0.25, 0.3) is 0 Å². The molecule has 2 aromatic carbocycles. The minimum absolute atomic E-state index is 0.192. The number of aromatic nitrogens is 2. The van der Waals surface area contributed by atoms with E-state index in [2.05, 4.69) is 10.3 Å². The number of carbonyl (C=O) groups excluding carboxylic acids is 1. The van der Waals surface area contributed by atoms with E-state index in [1.807, 2.05) is 7.05 Å². The molecular formula is C24H27FN4O4S. The molecule has 34 heavy (non-hydrogen) atoms. The number of rotatable bonds is 7. The summed E-state index contributed by atoms with van der Waals surface area (Å²) in [6, 6.07) is 11.7. The van der Waals surface area contributed by atoms with E-state index in [-0.39, 0.29) is 29.8 Å². The zero-order chi connectivity index (χ0) is 24.3. The van der Waals surface area contributed by atoms with E-state index in [4.69, 9.17) is 4.74 Å². The molecule has 1 saturated heterocycles. The summed E-state index contributed by atoms with van der Waals surface area (Å²) in [5.41, 5.74) is 0.585. The van der Waals surface area contributed by atoms with Crippen LogP contribution < -0.4 is 10.1 Å². The number of imidazole rings is 1. The van der Waals surface area contributed by atoms with Crippen molar-refractivity contribution >= 4 is 15.9 Å². The Morgan fingerprint density at radius 3 is 2.47 bits per heavy atom. The Kier molecular flexibility index (Phi) is 6.99. The van der Waals surface area contributed by atoms with E-state index in [1.54, 1.807) is 41.2 Å². The van der Waals surface area contributed by atoms with Gasteiger partial charge in [0, 0.05) is 38.4 Å². The van der Waals surface area contributed by atoms with Crippen molar-refractivity contribution in [3.63, 3.8) is 0 Å². The highest BCUT2D eigenvalue weighted by atomic mass is 32.2. The molecule has 0 bridgehead atoms. The summed E-state index contributed by atoms with van der Waals surface area (Å²) < 4.78 is 48.1. The number of benzene rings is 2. The van der Waals surface area contributed by atoms with Crippen LogP contribution in [0.1, 0.15) is 30.3 Å². The van der Waals surface area contributed by atoms with Gasteiger partial charge in [-0.05, 0) is 54.8 Å². The molecule has 1 fully saturated rings. The quantitative estimate of drug-likeness (QED) is 0.554. The van der Waals surface area contributed by atoms with Gasteiger partial charge in [-0.1, -0.05) is 12.1 Å². The van der Waals surface area contributed by atoms with Crippen molar-refractivity contribution in [1.82, 2.24) is 19.2 Å². The van der Waals surface area contributed by atoms with Crippen molar-refractivity contribution in [2.75, 3.05) is 20.2 Å². The number of ether oxygens (including phenoxy) is 1. The van der Waals surface area contributed by atoms with Gasteiger partial charge in [0.15, 0.2) is 0 Å². The van der Waals surface area contributed by atoms with Crippen LogP contribution in [0.5, 0.6) is 5.75 Å². The summed E-state index contributed by atoms with van der Waals surface area (Å²) >= 11 is 0. The Balaban J connectivity index is 1.45. The number of nitrogens with zero attached hydrogens (tertiary/aromatic N) is 3. The Bertz CT molecular complexity index is 1250. The fraction of sp³-hybridized carbons (Fsp3) is 0.333. The molecule has 1 amide bonds. The lowest BCUT2D eigenvalue weighted by Crippen LogP contribution is -2.44. The molecule has 0 saturated carbocycles. The molecule has 0 radical (unpaired) electrons. The van der Waals surface area contributed by atoms with Gasteiger partial charge in [-0.15, -0.1) is 0 Å². The third-order valence-electron chi connectivity index (χ3n) is 6.11. The van der Waals surface area contributed by atoms with Gasteiger partial charge in [0.2, 0.25) is 15.9 Å². The third kappa shape index (κ3) is 4.97. The van der Waals surface area contributed by atoms with Crippen molar-refractivity contribution in [3.05, 3.63) is 78.1 Å². The second-order valence-corrected chi connectivity index (χ2v) is 10.2. The van der Waals surface area contributed by atoms with Crippen LogP contribution in [0, 0.1) is 11.7 Å². The molecule has 1 N–H and O–H groups in total. The Labute approximate surface area is 198 Å². The van der Waals surface area contributed by atoms with Crippen LogP contribution in [0.4, 0.5) is 4.39 Å². The molecule has 180 valence electrons. The van der Waals surface area contributed by atoms with Gasteiger partial charge in [-0.3, -0.25) is 4.79 Å². The van der Waals surface area contributed by atoms with Crippen molar-refractivity contribution in [2.24, 2.45) is 13.0 Å². The van der Waals surface area contributed by atoms with Crippen LogP contribution in [0.2, 0.25) is 0 Å². The average molecular weight is 487 g/mol. The molecule has 0 unspecified atom stereocenters. The summed E-state index contributed by atoms with van der Waals surface area (Å²) in [6.45, 7) is 0.471. The van der Waals surface area contributed by atoms with Gasteiger partial charge in [-0.25, -0.2) is 17.8 Å². The van der Waals surface area contributed by atoms with Crippen LogP contribution in [0.3, 0.4) is 0 Å². The largest absolute Gasteiger partial charge is 0.497 e. The second kappa shape index (κ2) is 9.94. The summed E-state index contributed by atoms with van der Waals surface area (Å²) in [7, 11) is -0.328. The molecule has 1 aromatic heterocycles. The van der Waals surface area contributed by atoms with Crippen molar-refractivity contribution in [1.29, 1.82) is 0 Å². The minimum atomic E-state index is -3.66. The maximum absolute atomic E-state index is 13.9. The summed E-state index contributed by atoms with van der Waals surface area (Å²) in [5, 5.41) is 3.00. The molecule has 8 nitrogen and oxygen atoms in total. The Morgan fingerprint density at radius 2 is 1.88 bits per heavy atom. The van der Waals surface area contributed by atoms with Gasteiger partial charge >= 0.3 is 0 Å². The first-order valence-electron chi connectivity index (χ1n) is 11.0. The first-order chi connectivity index (χ1) is 16.3. The molecule has 0 spiro atoms. The van der Waals surface area contributed by atoms with Gasteiger partial charge in [-0.2, -0.15) is 4.31 Å². The smallest absolute Gasteiger partial charge is 0.243 e. The van der Waals surface area contributed by atoms with Gasteiger partial charge in [0.05, 0.1) is 12.0 Å². The van der Waals surface area contributed by atoms with Crippen LogP contribution in [0.15, 0.2) is 65.8 Å². The van der Waals surface area contributed by atoms with Gasteiger partial charge < -0.3 is 14.6 Å². The highest BCUT2D eigenvalue weighted by molar-refractivity contribution is 7.89. The molecule has 1 atom stereocenters. The number of piperidine rings is 1. The second-order valence-electron chi connectivity index (χ2n) is 8.25. The number of sulfonamides is 1. The third-order valence-corrected chi connectivity index (χ3v) is 8.02. The molecule has 4 rings (SSSR count). The van der Waals surface area contributed by atoms with E-state index in [0.29, 0.717) is 30.0 Å². The van der Waals surface area contributed by atoms with Crippen LogP contribution >= 0.6 is 0 Å². The van der Waals surface area contributed by atoms with Crippen LogP contribution in [-0.2, 0) is 21.9 Å². The summed E-state index contributed by atoms with van der Waals surface area (Å²) in [6.07, 6.45) is 4.15. The first kappa shape index (κ1) is 23.9. The highest BCUT2D eigenvalue weighted by Gasteiger charge is 2.33. The highest BCUT2D eigenvalue weighted by Crippen LogP contribution is 2.27. The molecule has 3 aromatic rings. The number of hydrogen-bond donors (Lipinski definition) is 1. The lowest BCUT2D eigenvalue weighted by molar-refractivity contribution is -0.126. The fourth-order valence-electron chi connectivity index (χ4n) is 4.15. The van der Waals surface area contributed by atoms with E-state index >= 15 is 0 Å². The Morgan fingerprint density at radius 1 is 1.18 bits per heavy atom. The molecule has 1 aliphatic heterocycles. The number of halogens is 1. The predicted octanol–water partition coefficient (Wildman–Crippen LogP) is 2.87. The number of methoxy groups -OCH3 is 1. The van der Waals surface area contributed by atoms with Crippen molar-refractivity contribution in [2.45, 2.75) is 23.8 Å². The molecular weight excluding hydrogens is 459 g/mol. The lowest BCUT2D eigenvalue weighted by Gasteiger charge is -2.31. The monoisotopic (exact) mass is 486 g/mol. The van der Waals surface area contributed by atoms with Gasteiger partial charge in [0.1, 0.15) is 23.4 Å². The van der Waals surface area contributed by atoms with E-state index in [9.17, 15) is 17.6 Å². The maximum Gasteiger partial charge on any atom is 0.243 e. The Hall–Kier alpha value is -3.24. The molecule has 0 aliphatic carbocycles. The number of hydrogen-bond acceptors (Lipinski definition) is 5. The standard InChI is InChI=1S/C24H27FN4O4S/c1-28-15-12-26-23(28)22(18-4-3-5-19(25)16-18)27-24(30)17-10-13-29(14-11-17)34(31,32)21-8-6-20(33-2)7-9-21/h3-9,12,15-17,22H,10-11,13-14H2,1-2H3,(H,27,30)/t22-/m1/s1. The fourth-order valence-corrected chi connectivity index (χ4v) is 5.62.